The average molecular weight is 432 g/mol. The van der Waals surface area contributed by atoms with E-state index in [2.05, 4.69) is 40.7 Å². The molecule has 1 spiro atoms. The van der Waals surface area contributed by atoms with Gasteiger partial charge in [-0.25, -0.2) is 9.97 Å². The van der Waals surface area contributed by atoms with E-state index in [4.69, 9.17) is 0 Å². The fourth-order valence-electron chi connectivity index (χ4n) is 3.88. The molecule has 0 unspecified atom stereocenters. The summed E-state index contributed by atoms with van der Waals surface area (Å²) in [6.07, 6.45) is 5.82. The number of halogens is 1. The normalized spacial score (nSPS) is 19.3. The summed E-state index contributed by atoms with van der Waals surface area (Å²) in [7, 11) is 0. The molecular weight excluding hydrogens is 414 g/mol. The maximum atomic E-state index is 12.6. The van der Waals surface area contributed by atoms with Crippen LogP contribution in [0.15, 0.2) is 34.5 Å². The highest BCUT2D eigenvalue weighted by molar-refractivity contribution is 9.10. The zero-order chi connectivity index (χ0) is 17.7. The molecule has 3 aromatic heterocycles. The van der Waals surface area contributed by atoms with Crippen molar-refractivity contribution in [1.82, 2.24) is 19.9 Å². The second-order valence-electron chi connectivity index (χ2n) is 7.06. The number of anilines is 1. The van der Waals surface area contributed by atoms with E-state index in [1.165, 1.54) is 11.3 Å². The Balaban J connectivity index is 1.35. The van der Waals surface area contributed by atoms with Crippen molar-refractivity contribution in [1.29, 1.82) is 0 Å². The van der Waals surface area contributed by atoms with E-state index in [1.54, 1.807) is 6.33 Å². The van der Waals surface area contributed by atoms with Gasteiger partial charge in [-0.1, -0.05) is 0 Å². The molecule has 8 heteroatoms. The molecule has 0 amide bonds. The Labute approximate surface area is 163 Å². The van der Waals surface area contributed by atoms with E-state index in [0.29, 0.717) is 6.54 Å². The first kappa shape index (κ1) is 16.4. The van der Waals surface area contributed by atoms with Crippen molar-refractivity contribution in [3.05, 3.63) is 39.4 Å². The van der Waals surface area contributed by atoms with Crippen molar-refractivity contribution in [2.24, 2.45) is 0 Å². The number of nitrogens with one attached hydrogen (secondary N) is 1. The largest absolute Gasteiger partial charge is 0.353 e. The third-order valence-electron chi connectivity index (χ3n) is 5.43. The predicted octanol–water partition coefficient (Wildman–Crippen LogP) is 3.32. The number of thiophene rings is 1. The third kappa shape index (κ3) is 2.76. The number of Topliss-reactive ketones (excluding diaryl/α,β-unsaturated/α-hetero) is 1. The first-order valence-electron chi connectivity index (χ1n) is 8.70. The minimum atomic E-state index is 0.121. The molecule has 0 atom stereocenters. The molecule has 3 aromatic rings. The molecule has 1 N–H and O–H groups in total. The van der Waals surface area contributed by atoms with Crippen molar-refractivity contribution in [2.45, 2.75) is 18.4 Å². The minimum Gasteiger partial charge on any atom is -0.353 e. The summed E-state index contributed by atoms with van der Waals surface area (Å²) in [6, 6.07) is 3.96. The maximum Gasteiger partial charge on any atom is 0.186 e. The maximum absolute atomic E-state index is 12.6. The van der Waals surface area contributed by atoms with Gasteiger partial charge in [0.1, 0.15) is 17.8 Å². The lowest BCUT2D eigenvalue weighted by Crippen LogP contribution is -2.56. The smallest absolute Gasteiger partial charge is 0.186 e. The number of fused-ring (bicyclic) bond motifs is 1. The highest BCUT2D eigenvalue weighted by Crippen LogP contribution is 2.45. The van der Waals surface area contributed by atoms with Gasteiger partial charge in [0.25, 0.3) is 0 Å². The number of ketones is 1. The van der Waals surface area contributed by atoms with Crippen molar-refractivity contribution in [2.75, 3.05) is 31.1 Å². The predicted molar refractivity (Wildman–Crippen MR) is 106 cm³/mol. The van der Waals surface area contributed by atoms with Crippen LogP contribution in [0, 0.1) is 0 Å². The number of piperazine rings is 1. The lowest BCUT2D eigenvalue weighted by molar-refractivity contribution is 0.0856. The van der Waals surface area contributed by atoms with Crippen LogP contribution < -0.4 is 4.90 Å². The zero-order valence-corrected chi connectivity index (χ0v) is 16.5. The number of nitrogens with zero attached hydrogens (tertiary/aromatic N) is 4. The van der Waals surface area contributed by atoms with Crippen molar-refractivity contribution in [3.8, 4) is 0 Å². The molecule has 2 aliphatic rings. The fourth-order valence-corrected chi connectivity index (χ4v) is 5.24. The van der Waals surface area contributed by atoms with E-state index < -0.39 is 0 Å². The van der Waals surface area contributed by atoms with Crippen molar-refractivity contribution in [3.63, 3.8) is 0 Å². The molecule has 26 heavy (non-hydrogen) atoms. The standard InChI is InChI=1S/C18H18BrN5OS/c19-12-7-15(26-9-12)14(25)8-24-6-5-23(10-18(24)2-3-18)17-13-1-4-20-16(13)21-11-22-17/h1,4,7,9,11H,2-3,5-6,8,10H2,(H,20,21,22). The van der Waals surface area contributed by atoms with Crippen LogP contribution in [-0.2, 0) is 0 Å². The van der Waals surface area contributed by atoms with E-state index in [0.717, 1.165) is 58.7 Å². The molecule has 2 fully saturated rings. The monoisotopic (exact) mass is 431 g/mol. The van der Waals surface area contributed by atoms with Gasteiger partial charge < -0.3 is 9.88 Å². The first-order chi connectivity index (χ1) is 12.6. The van der Waals surface area contributed by atoms with Crippen LogP contribution in [0.3, 0.4) is 0 Å². The summed E-state index contributed by atoms with van der Waals surface area (Å²) >= 11 is 4.95. The van der Waals surface area contributed by atoms with Crippen LogP contribution in [0.2, 0.25) is 0 Å². The number of H-pyrrole nitrogens is 1. The number of hydrogen-bond donors (Lipinski definition) is 1. The van der Waals surface area contributed by atoms with Crippen LogP contribution in [-0.4, -0.2) is 57.4 Å². The third-order valence-corrected chi connectivity index (χ3v) is 7.16. The number of carbonyl (C=O) groups is 1. The van der Waals surface area contributed by atoms with Gasteiger partial charge in [-0.15, -0.1) is 11.3 Å². The number of rotatable bonds is 4. The SMILES string of the molecule is O=C(CN1CCN(c2ncnc3[nH]ccc23)CC12CC2)c1cc(Br)cs1. The lowest BCUT2D eigenvalue weighted by Gasteiger charge is -2.42. The average Bonchev–Trinajstić information content (AvgIpc) is 3.06. The first-order valence-corrected chi connectivity index (χ1v) is 10.4. The molecule has 1 aliphatic heterocycles. The molecule has 1 saturated heterocycles. The Morgan fingerprint density at radius 1 is 1.35 bits per heavy atom. The van der Waals surface area contributed by atoms with E-state index in [1.807, 2.05) is 23.7 Å². The number of hydrogen-bond acceptors (Lipinski definition) is 6. The minimum absolute atomic E-state index is 0.121. The van der Waals surface area contributed by atoms with Crippen LogP contribution in [0.4, 0.5) is 5.82 Å². The summed E-state index contributed by atoms with van der Waals surface area (Å²) in [5.74, 6) is 1.21. The van der Waals surface area contributed by atoms with Gasteiger partial charge in [0.2, 0.25) is 0 Å². The van der Waals surface area contributed by atoms with Gasteiger partial charge in [-0.05, 0) is 40.9 Å². The zero-order valence-electron chi connectivity index (χ0n) is 14.1. The van der Waals surface area contributed by atoms with Crippen molar-refractivity contribution >= 4 is 49.9 Å². The van der Waals surface area contributed by atoms with Gasteiger partial charge in [0.05, 0.1) is 16.8 Å². The van der Waals surface area contributed by atoms with E-state index in [9.17, 15) is 4.79 Å². The second kappa shape index (κ2) is 6.14. The number of carbonyl (C=O) groups excluding carboxylic acids is 1. The lowest BCUT2D eigenvalue weighted by atomic mass is 10.1. The molecule has 1 aliphatic carbocycles. The molecular formula is C18H18BrN5OS. The molecule has 4 heterocycles. The fraction of sp³-hybridized carbons (Fsp3) is 0.389. The van der Waals surface area contributed by atoms with E-state index >= 15 is 0 Å². The molecule has 1 saturated carbocycles. The van der Waals surface area contributed by atoms with Crippen LogP contribution in [0.25, 0.3) is 11.0 Å². The molecule has 134 valence electrons. The van der Waals surface area contributed by atoms with Gasteiger partial charge in [-0.3, -0.25) is 9.69 Å². The van der Waals surface area contributed by atoms with E-state index in [-0.39, 0.29) is 11.3 Å². The summed E-state index contributed by atoms with van der Waals surface area (Å²) in [5, 5.41) is 3.03. The van der Waals surface area contributed by atoms with Gasteiger partial charge in [0, 0.05) is 41.2 Å². The molecule has 5 rings (SSSR count). The Kier molecular flexibility index (Phi) is 3.88. The summed E-state index contributed by atoms with van der Waals surface area (Å²) in [5.41, 5.74) is 0.997. The van der Waals surface area contributed by atoms with Crippen LogP contribution in [0.5, 0.6) is 0 Å². The van der Waals surface area contributed by atoms with Crippen LogP contribution >= 0.6 is 27.3 Å². The Hall–Kier alpha value is -1.77. The summed E-state index contributed by atoms with van der Waals surface area (Å²) in [4.78, 5) is 30.2. The van der Waals surface area contributed by atoms with Crippen LogP contribution in [0.1, 0.15) is 22.5 Å². The van der Waals surface area contributed by atoms with Gasteiger partial charge in [-0.2, -0.15) is 0 Å². The highest BCUT2D eigenvalue weighted by atomic mass is 79.9. The van der Waals surface area contributed by atoms with Gasteiger partial charge in [0.15, 0.2) is 5.78 Å². The summed E-state index contributed by atoms with van der Waals surface area (Å²) < 4.78 is 0.982. The Morgan fingerprint density at radius 3 is 3.00 bits per heavy atom. The van der Waals surface area contributed by atoms with Gasteiger partial charge >= 0.3 is 0 Å². The molecule has 0 bridgehead atoms. The Bertz CT molecular complexity index is 979. The van der Waals surface area contributed by atoms with Crippen molar-refractivity contribution < 1.29 is 4.79 Å². The topological polar surface area (TPSA) is 65.1 Å². The number of aromatic nitrogens is 3. The Morgan fingerprint density at radius 2 is 2.23 bits per heavy atom. The highest BCUT2D eigenvalue weighted by Gasteiger charge is 2.51. The second-order valence-corrected chi connectivity index (χ2v) is 8.88. The summed E-state index contributed by atoms with van der Waals surface area (Å²) in [6.45, 7) is 3.19. The molecule has 0 radical (unpaired) electrons. The molecule has 0 aromatic carbocycles. The molecule has 6 nitrogen and oxygen atoms in total. The number of aromatic amines is 1. The quantitative estimate of drug-likeness (QED) is 0.641.